The van der Waals surface area contributed by atoms with E-state index in [4.69, 9.17) is 0 Å². The second-order valence-corrected chi connectivity index (χ2v) is 6.86. The van der Waals surface area contributed by atoms with Gasteiger partial charge in [0.15, 0.2) is 0 Å². The van der Waals surface area contributed by atoms with E-state index in [1.807, 2.05) is 0 Å². The largest absolute Gasteiger partial charge is 0.317 e. The van der Waals surface area contributed by atoms with Crippen LogP contribution in [0.2, 0.25) is 0 Å². The summed E-state index contributed by atoms with van der Waals surface area (Å²) in [6.45, 7) is 0. The predicted octanol–water partition coefficient (Wildman–Crippen LogP) is 3.98. The molecule has 17 heavy (non-hydrogen) atoms. The van der Waals surface area contributed by atoms with Crippen LogP contribution < -0.4 is 5.32 Å². The molecule has 2 atom stereocenters. The molecular weight excluding hydrogens is 206 g/mol. The second-order valence-electron chi connectivity index (χ2n) is 6.86. The fraction of sp³-hybridized carbons (Fsp3) is 1.00. The van der Waals surface area contributed by atoms with E-state index in [-0.39, 0.29) is 0 Å². The molecule has 0 radical (unpaired) electrons. The van der Waals surface area contributed by atoms with Gasteiger partial charge < -0.3 is 5.32 Å². The van der Waals surface area contributed by atoms with Crippen LogP contribution in [-0.2, 0) is 0 Å². The Labute approximate surface area is 107 Å². The number of nitrogens with one attached hydrogen (secondary N) is 1. The second kappa shape index (κ2) is 5.30. The molecule has 1 unspecified atom stereocenters. The maximum absolute atomic E-state index is 3.52. The van der Waals surface area contributed by atoms with Gasteiger partial charge in [-0.15, -0.1) is 0 Å². The number of hydrogen-bond donors (Lipinski definition) is 1. The van der Waals surface area contributed by atoms with Gasteiger partial charge >= 0.3 is 0 Å². The van der Waals surface area contributed by atoms with E-state index < -0.39 is 0 Å². The van der Waals surface area contributed by atoms with Crippen LogP contribution in [0, 0.1) is 23.7 Å². The maximum atomic E-state index is 3.52. The molecule has 3 aliphatic carbocycles. The quantitative estimate of drug-likeness (QED) is 0.780. The average Bonchev–Trinajstić information content (AvgIpc) is 2.83. The molecule has 0 bridgehead atoms. The van der Waals surface area contributed by atoms with Crippen molar-refractivity contribution in [3.8, 4) is 0 Å². The van der Waals surface area contributed by atoms with Crippen molar-refractivity contribution in [3.05, 3.63) is 0 Å². The molecule has 0 spiro atoms. The van der Waals surface area contributed by atoms with E-state index in [1.165, 1.54) is 25.7 Å². The van der Waals surface area contributed by atoms with Crippen molar-refractivity contribution in [2.24, 2.45) is 23.7 Å². The van der Waals surface area contributed by atoms with Crippen LogP contribution in [-0.4, -0.2) is 13.1 Å². The maximum Gasteiger partial charge on any atom is 0.00950 e. The van der Waals surface area contributed by atoms with Crippen LogP contribution in [0.25, 0.3) is 0 Å². The van der Waals surface area contributed by atoms with Gasteiger partial charge in [-0.25, -0.2) is 0 Å². The first-order valence-corrected chi connectivity index (χ1v) is 8.05. The van der Waals surface area contributed by atoms with Gasteiger partial charge in [-0.3, -0.25) is 0 Å². The van der Waals surface area contributed by atoms with Gasteiger partial charge in [0, 0.05) is 6.04 Å². The molecule has 0 aliphatic heterocycles. The lowest BCUT2D eigenvalue weighted by Gasteiger charge is -2.45. The summed E-state index contributed by atoms with van der Waals surface area (Å²) in [5, 5.41) is 3.52. The van der Waals surface area contributed by atoms with Crippen LogP contribution >= 0.6 is 0 Å². The standard InChI is InChI=1S/C16H29N/c1-17-16-11-10-15(16)14-8-6-13(7-9-14)12-4-2-3-5-12/h12-17H,2-11H2,1H3/t13?,14?,15?,16-/m1/s1. The lowest BCUT2D eigenvalue weighted by atomic mass is 9.64. The van der Waals surface area contributed by atoms with Crippen molar-refractivity contribution in [1.29, 1.82) is 0 Å². The molecule has 0 heterocycles. The molecule has 0 aromatic rings. The minimum atomic E-state index is 0.864. The van der Waals surface area contributed by atoms with Gasteiger partial charge in [0.2, 0.25) is 0 Å². The summed E-state index contributed by atoms with van der Waals surface area (Å²) in [6.07, 6.45) is 15.3. The van der Waals surface area contributed by atoms with Crippen molar-refractivity contribution >= 4 is 0 Å². The van der Waals surface area contributed by atoms with E-state index in [1.54, 1.807) is 38.5 Å². The molecule has 1 nitrogen and oxygen atoms in total. The molecule has 0 saturated heterocycles. The van der Waals surface area contributed by atoms with E-state index in [2.05, 4.69) is 12.4 Å². The van der Waals surface area contributed by atoms with Gasteiger partial charge in [-0.1, -0.05) is 25.7 Å². The van der Waals surface area contributed by atoms with E-state index in [0.717, 1.165) is 29.7 Å². The Balaban J connectivity index is 1.47. The Morgan fingerprint density at radius 1 is 0.647 bits per heavy atom. The summed E-state index contributed by atoms with van der Waals surface area (Å²) in [5.74, 6) is 4.34. The minimum Gasteiger partial charge on any atom is -0.317 e. The van der Waals surface area contributed by atoms with Gasteiger partial charge in [0.1, 0.15) is 0 Å². The van der Waals surface area contributed by atoms with Crippen LogP contribution in [0.1, 0.15) is 64.2 Å². The summed E-state index contributed by atoms with van der Waals surface area (Å²) in [4.78, 5) is 0. The molecule has 0 aromatic carbocycles. The normalized spacial score (nSPS) is 43.6. The highest BCUT2D eigenvalue weighted by Crippen LogP contribution is 2.46. The summed E-state index contributed by atoms with van der Waals surface area (Å²) in [7, 11) is 2.15. The highest BCUT2D eigenvalue weighted by atomic mass is 14.9. The molecule has 1 heteroatoms. The van der Waals surface area contributed by atoms with Crippen molar-refractivity contribution < 1.29 is 0 Å². The van der Waals surface area contributed by atoms with Gasteiger partial charge in [0.25, 0.3) is 0 Å². The third kappa shape index (κ3) is 2.41. The smallest absolute Gasteiger partial charge is 0.00950 e. The van der Waals surface area contributed by atoms with Gasteiger partial charge in [-0.2, -0.15) is 0 Å². The van der Waals surface area contributed by atoms with Crippen molar-refractivity contribution in [1.82, 2.24) is 5.32 Å². The molecular formula is C16H29N. The molecule has 3 aliphatic rings. The Morgan fingerprint density at radius 3 is 1.76 bits per heavy atom. The molecule has 3 saturated carbocycles. The molecule has 3 rings (SSSR count). The fourth-order valence-corrected chi connectivity index (χ4v) is 4.92. The molecule has 0 amide bonds. The lowest BCUT2D eigenvalue weighted by Crippen LogP contribution is -2.46. The average molecular weight is 235 g/mol. The van der Waals surface area contributed by atoms with Crippen molar-refractivity contribution in [2.75, 3.05) is 7.05 Å². The minimum absolute atomic E-state index is 0.864. The lowest BCUT2D eigenvalue weighted by molar-refractivity contribution is 0.0856. The molecule has 98 valence electrons. The highest BCUT2D eigenvalue weighted by Gasteiger charge is 2.38. The zero-order chi connectivity index (χ0) is 11.7. The van der Waals surface area contributed by atoms with Crippen molar-refractivity contribution in [2.45, 2.75) is 70.3 Å². The SMILES string of the molecule is CN[C@@H]1CCC1C1CCC(C2CCCC2)CC1. The molecule has 1 N–H and O–H groups in total. The van der Waals surface area contributed by atoms with E-state index in [0.29, 0.717) is 0 Å². The predicted molar refractivity (Wildman–Crippen MR) is 73.0 cm³/mol. The van der Waals surface area contributed by atoms with Crippen molar-refractivity contribution in [3.63, 3.8) is 0 Å². The van der Waals surface area contributed by atoms with Crippen LogP contribution in [0.5, 0.6) is 0 Å². The zero-order valence-electron chi connectivity index (χ0n) is 11.5. The molecule has 0 aromatic heterocycles. The first kappa shape index (κ1) is 12.0. The van der Waals surface area contributed by atoms with Crippen LogP contribution in [0.15, 0.2) is 0 Å². The van der Waals surface area contributed by atoms with Crippen LogP contribution in [0.3, 0.4) is 0 Å². The number of rotatable bonds is 3. The number of hydrogen-bond acceptors (Lipinski definition) is 1. The monoisotopic (exact) mass is 235 g/mol. The van der Waals surface area contributed by atoms with E-state index in [9.17, 15) is 0 Å². The third-order valence-corrected chi connectivity index (χ3v) is 6.19. The Morgan fingerprint density at radius 2 is 1.24 bits per heavy atom. The summed E-state index contributed by atoms with van der Waals surface area (Å²) in [6, 6.07) is 0.864. The topological polar surface area (TPSA) is 12.0 Å². The van der Waals surface area contributed by atoms with Crippen LogP contribution in [0.4, 0.5) is 0 Å². The summed E-state index contributed by atoms with van der Waals surface area (Å²) >= 11 is 0. The fourth-order valence-electron chi connectivity index (χ4n) is 4.92. The summed E-state index contributed by atoms with van der Waals surface area (Å²) < 4.78 is 0. The Hall–Kier alpha value is -0.0400. The van der Waals surface area contributed by atoms with E-state index >= 15 is 0 Å². The summed E-state index contributed by atoms with van der Waals surface area (Å²) in [5.41, 5.74) is 0. The first-order chi connectivity index (χ1) is 8.38. The first-order valence-electron chi connectivity index (χ1n) is 8.05. The third-order valence-electron chi connectivity index (χ3n) is 6.19. The Kier molecular flexibility index (Phi) is 3.75. The molecule has 3 fully saturated rings. The highest BCUT2D eigenvalue weighted by molar-refractivity contribution is 4.92. The van der Waals surface area contributed by atoms with Gasteiger partial charge in [0.05, 0.1) is 0 Å². The zero-order valence-corrected chi connectivity index (χ0v) is 11.5. The Bertz CT molecular complexity index is 234. The van der Waals surface area contributed by atoms with Gasteiger partial charge in [-0.05, 0) is 69.2 Å².